The molecule has 0 amide bonds. The summed E-state index contributed by atoms with van der Waals surface area (Å²) in [6, 6.07) is 8.58. The summed E-state index contributed by atoms with van der Waals surface area (Å²) in [7, 11) is 0. The molecule has 0 saturated carbocycles. The number of nitrogens with zero attached hydrogens (tertiary/aromatic N) is 3. The van der Waals surface area contributed by atoms with Crippen molar-refractivity contribution in [2.45, 2.75) is 46.5 Å². The molecule has 0 bridgehead atoms. The molecule has 2 heterocycles. The fourth-order valence-corrected chi connectivity index (χ4v) is 3.37. The number of rotatable bonds is 5. The van der Waals surface area contributed by atoms with E-state index in [1.165, 1.54) is 11.1 Å². The zero-order valence-electron chi connectivity index (χ0n) is 16.5. The van der Waals surface area contributed by atoms with Gasteiger partial charge in [0.15, 0.2) is 0 Å². The molecule has 1 aliphatic heterocycles. The Morgan fingerprint density at radius 1 is 1.00 bits per heavy atom. The van der Waals surface area contributed by atoms with Gasteiger partial charge >= 0.3 is 0 Å². The number of ether oxygens (including phenoxy) is 1. The van der Waals surface area contributed by atoms with Gasteiger partial charge in [0.05, 0.1) is 13.2 Å². The lowest BCUT2D eigenvalue weighted by Gasteiger charge is -2.28. The van der Waals surface area contributed by atoms with Crippen LogP contribution in [0, 0.1) is 6.92 Å². The van der Waals surface area contributed by atoms with E-state index >= 15 is 0 Å². The van der Waals surface area contributed by atoms with Crippen LogP contribution in [0.1, 0.15) is 56.4 Å². The van der Waals surface area contributed by atoms with Crippen molar-refractivity contribution in [3.63, 3.8) is 0 Å². The molecule has 0 atom stereocenters. The largest absolute Gasteiger partial charge is 0.378 e. The van der Waals surface area contributed by atoms with E-state index in [4.69, 9.17) is 9.72 Å². The van der Waals surface area contributed by atoms with Gasteiger partial charge < -0.3 is 15.0 Å². The molecule has 1 N–H and O–H groups in total. The third kappa shape index (κ3) is 4.15. The summed E-state index contributed by atoms with van der Waals surface area (Å²) >= 11 is 0. The predicted molar refractivity (Wildman–Crippen MR) is 108 cm³/mol. The summed E-state index contributed by atoms with van der Waals surface area (Å²) < 4.78 is 5.46. The minimum Gasteiger partial charge on any atom is -0.378 e. The molecule has 0 aliphatic carbocycles. The van der Waals surface area contributed by atoms with Crippen molar-refractivity contribution in [3.05, 3.63) is 41.1 Å². The highest BCUT2D eigenvalue weighted by Crippen LogP contribution is 2.34. The number of para-hydroxylation sites is 1. The van der Waals surface area contributed by atoms with Gasteiger partial charge in [-0.1, -0.05) is 45.9 Å². The van der Waals surface area contributed by atoms with Crippen molar-refractivity contribution >= 4 is 17.5 Å². The lowest BCUT2D eigenvalue weighted by Crippen LogP contribution is -2.36. The first-order valence-electron chi connectivity index (χ1n) is 9.54. The molecule has 1 saturated heterocycles. The van der Waals surface area contributed by atoms with Crippen LogP contribution in [-0.2, 0) is 4.74 Å². The Morgan fingerprint density at radius 3 is 2.19 bits per heavy atom. The summed E-state index contributed by atoms with van der Waals surface area (Å²) in [4.78, 5) is 11.7. The molecule has 1 aromatic carbocycles. The van der Waals surface area contributed by atoms with Crippen LogP contribution < -0.4 is 10.2 Å². The van der Waals surface area contributed by atoms with E-state index in [2.05, 4.69) is 61.1 Å². The van der Waals surface area contributed by atoms with E-state index in [9.17, 15) is 0 Å². The Kier molecular flexibility index (Phi) is 5.77. The van der Waals surface area contributed by atoms with Crippen LogP contribution in [0.4, 0.5) is 17.5 Å². The number of aromatic nitrogens is 2. The minimum absolute atomic E-state index is 0.430. The highest BCUT2D eigenvalue weighted by atomic mass is 16.5. The van der Waals surface area contributed by atoms with E-state index in [-0.39, 0.29) is 0 Å². The number of anilines is 3. The Labute approximate surface area is 156 Å². The Morgan fingerprint density at radius 2 is 1.62 bits per heavy atom. The summed E-state index contributed by atoms with van der Waals surface area (Å²) in [6.07, 6.45) is 0. The zero-order chi connectivity index (χ0) is 18.7. The van der Waals surface area contributed by atoms with Crippen molar-refractivity contribution < 1.29 is 4.74 Å². The highest BCUT2D eigenvalue weighted by Gasteiger charge is 2.17. The summed E-state index contributed by atoms with van der Waals surface area (Å²) in [6.45, 7) is 14.2. The van der Waals surface area contributed by atoms with Gasteiger partial charge in [-0.25, -0.2) is 4.98 Å². The molecule has 140 valence electrons. The summed E-state index contributed by atoms with van der Waals surface area (Å²) in [5.41, 5.74) is 4.72. The smallest absolute Gasteiger partial charge is 0.229 e. The Hall–Kier alpha value is -2.14. The van der Waals surface area contributed by atoms with Crippen LogP contribution in [0.25, 0.3) is 0 Å². The van der Waals surface area contributed by atoms with Crippen molar-refractivity contribution in [2.24, 2.45) is 0 Å². The molecule has 0 unspecified atom stereocenters. The normalized spacial score (nSPS) is 15.0. The molecular weight excluding hydrogens is 324 g/mol. The second kappa shape index (κ2) is 8.04. The monoisotopic (exact) mass is 354 g/mol. The second-order valence-electron chi connectivity index (χ2n) is 7.54. The number of morpholine rings is 1. The van der Waals surface area contributed by atoms with Crippen LogP contribution in [-0.4, -0.2) is 36.3 Å². The predicted octanol–water partition coefficient (Wildman–Crippen LogP) is 4.61. The molecule has 1 aliphatic rings. The van der Waals surface area contributed by atoms with E-state index in [1.54, 1.807) is 0 Å². The topological polar surface area (TPSA) is 50.3 Å². The molecule has 3 rings (SSSR count). The molecule has 0 spiro atoms. The lowest BCUT2D eigenvalue weighted by atomic mass is 9.93. The molecule has 5 heteroatoms. The summed E-state index contributed by atoms with van der Waals surface area (Å²) in [5.74, 6) is 2.50. The number of aryl methyl sites for hydroxylation is 1. The van der Waals surface area contributed by atoms with E-state index in [1.807, 2.05) is 13.0 Å². The van der Waals surface area contributed by atoms with Gasteiger partial charge in [0, 0.05) is 30.5 Å². The summed E-state index contributed by atoms with van der Waals surface area (Å²) in [5, 5.41) is 3.54. The Balaban J connectivity index is 1.97. The molecule has 1 aromatic heterocycles. The fraction of sp³-hybridized carbons (Fsp3) is 0.524. The van der Waals surface area contributed by atoms with Crippen LogP contribution in [0.2, 0.25) is 0 Å². The average molecular weight is 354 g/mol. The van der Waals surface area contributed by atoms with E-state index < -0.39 is 0 Å². The Bertz CT molecular complexity index is 725. The van der Waals surface area contributed by atoms with Crippen molar-refractivity contribution in [1.82, 2.24) is 9.97 Å². The van der Waals surface area contributed by atoms with Gasteiger partial charge in [-0.2, -0.15) is 4.98 Å². The van der Waals surface area contributed by atoms with Crippen molar-refractivity contribution in [1.29, 1.82) is 0 Å². The second-order valence-corrected chi connectivity index (χ2v) is 7.54. The van der Waals surface area contributed by atoms with Crippen molar-refractivity contribution in [3.8, 4) is 0 Å². The number of hydrogen-bond donors (Lipinski definition) is 1. The molecule has 1 fully saturated rings. The van der Waals surface area contributed by atoms with Gasteiger partial charge in [-0.15, -0.1) is 0 Å². The number of benzene rings is 1. The van der Waals surface area contributed by atoms with E-state index in [0.717, 1.165) is 43.5 Å². The van der Waals surface area contributed by atoms with Crippen LogP contribution in [0.15, 0.2) is 24.3 Å². The lowest BCUT2D eigenvalue weighted by molar-refractivity contribution is 0.122. The first-order chi connectivity index (χ1) is 12.5. The minimum atomic E-state index is 0.430. The van der Waals surface area contributed by atoms with E-state index in [0.29, 0.717) is 17.8 Å². The maximum atomic E-state index is 5.46. The quantitative estimate of drug-likeness (QED) is 0.849. The van der Waals surface area contributed by atoms with Crippen LogP contribution in [0.5, 0.6) is 0 Å². The van der Waals surface area contributed by atoms with Gasteiger partial charge in [0.2, 0.25) is 5.95 Å². The zero-order valence-corrected chi connectivity index (χ0v) is 16.5. The molecule has 0 radical (unpaired) electrons. The SMILES string of the molecule is Cc1cc(N2CCOCC2)nc(Nc2c(C(C)C)cccc2C(C)C)n1. The number of hydrogen-bond acceptors (Lipinski definition) is 5. The fourth-order valence-electron chi connectivity index (χ4n) is 3.37. The molecule has 5 nitrogen and oxygen atoms in total. The van der Waals surface area contributed by atoms with Gasteiger partial charge in [-0.05, 0) is 29.9 Å². The third-order valence-corrected chi connectivity index (χ3v) is 4.79. The average Bonchev–Trinajstić information content (AvgIpc) is 2.61. The molecule has 2 aromatic rings. The highest BCUT2D eigenvalue weighted by molar-refractivity contribution is 5.66. The van der Waals surface area contributed by atoms with Crippen LogP contribution >= 0.6 is 0 Å². The van der Waals surface area contributed by atoms with Crippen LogP contribution in [0.3, 0.4) is 0 Å². The standard InChI is InChI=1S/C21H30N4O/c1-14(2)17-7-6-8-18(15(3)4)20(17)24-21-22-16(5)13-19(23-21)25-9-11-26-12-10-25/h6-8,13-15H,9-12H2,1-5H3,(H,22,23,24). The van der Waals surface area contributed by atoms with Gasteiger partial charge in [0.25, 0.3) is 0 Å². The molecular formula is C21H30N4O. The third-order valence-electron chi connectivity index (χ3n) is 4.79. The maximum absolute atomic E-state index is 5.46. The maximum Gasteiger partial charge on any atom is 0.229 e. The number of nitrogens with one attached hydrogen (secondary N) is 1. The first kappa shape index (κ1) is 18.6. The van der Waals surface area contributed by atoms with Crippen molar-refractivity contribution in [2.75, 3.05) is 36.5 Å². The molecule has 26 heavy (non-hydrogen) atoms. The van der Waals surface area contributed by atoms with Gasteiger partial charge in [0.1, 0.15) is 5.82 Å². The van der Waals surface area contributed by atoms with Gasteiger partial charge in [-0.3, -0.25) is 0 Å². The first-order valence-corrected chi connectivity index (χ1v) is 9.54.